The first-order chi connectivity index (χ1) is 8.90. The van der Waals surface area contributed by atoms with E-state index in [0.717, 1.165) is 0 Å². The third-order valence-electron chi connectivity index (χ3n) is 3.52. The van der Waals surface area contributed by atoms with Gasteiger partial charge in [-0.15, -0.1) is 0 Å². The first-order valence-corrected chi connectivity index (χ1v) is 8.09. The van der Waals surface area contributed by atoms with Crippen molar-refractivity contribution in [3.05, 3.63) is 68.2 Å². The largest absolute Gasteiger partial charge is 0.0786 e. The number of alkyl halides is 1. The molecular formula is C17H18Br2. The molecule has 0 amide bonds. The molecular weight excluding hydrogens is 364 g/mol. The zero-order valence-electron chi connectivity index (χ0n) is 11.7. The molecule has 2 aromatic carbocycles. The molecule has 0 nitrogen and oxygen atoms in total. The molecule has 0 saturated heterocycles. The fraction of sp³-hybridized carbons (Fsp3) is 0.294. The minimum Gasteiger partial charge on any atom is -0.0786 e. The second-order valence-electron chi connectivity index (χ2n) is 5.18. The van der Waals surface area contributed by atoms with Gasteiger partial charge in [-0.2, -0.15) is 0 Å². The summed E-state index contributed by atoms with van der Waals surface area (Å²) >= 11 is 7.46. The number of rotatable bonds is 2. The summed E-state index contributed by atoms with van der Waals surface area (Å²) in [6.45, 7) is 8.61. The number of hydrogen-bond donors (Lipinski definition) is 0. The lowest BCUT2D eigenvalue weighted by atomic mass is 9.95. The highest BCUT2D eigenvalue weighted by Gasteiger charge is 2.16. The molecule has 0 saturated carbocycles. The summed E-state index contributed by atoms with van der Waals surface area (Å²) in [5, 5.41) is 0. The SMILES string of the molecule is Cc1ccc(C(Br)c2cc(C)c(Br)cc2C)c(C)c1. The Morgan fingerprint density at radius 2 is 1.42 bits per heavy atom. The summed E-state index contributed by atoms with van der Waals surface area (Å²) in [6.07, 6.45) is 0. The van der Waals surface area contributed by atoms with Gasteiger partial charge in [0.25, 0.3) is 0 Å². The summed E-state index contributed by atoms with van der Waals surface area (Å²) in [5.74, 6) is 0. The molecule has 0 bridgehead atoms. The van der Waals surface area contributed by atoms with Crippen LogP contribution in [0.3, 0.4) is 0 Å². The molecule has 0 aliphatic carbocycles. The molecule has 1 atom stereocenters. The summed E-state index contributed by atoms with van der Waals surface area (Å²) < 4.78 is 1.18. The van der Waals surface area contributed by atoms with Gasteiger partial charge >= 0.3 is 0 Å². The average Bonchev–Trinajstić information content (AvgIpc) is 2.33. The normalized spacial score (nSPS) is 12.5. The quantitative estimate of drug-likeness (QED) is 0.546. The van der Waals surface area contributed by atoms with Gasteiger partial charge in [0.2, 0.25) is 0 Å². The fourth-order valence-electron chi connectivity index (χ4n) is 2.35. The summed E-state index contributed by atoms with van der Waals surface area (Å²) in [6, 6.07) is 11.1. The molecule has 0 radical (unpaired) electrons. The van der Waals surface area contributed by atoms with E-state index < -0.39 is 0 Å². The van der Waals surface area contributed by atoms with E-state index in [4.69, 9.17) is 0 Å². The van der Waals surface area contributed by atoms with Crippen LogP contribution in [0.2, 0.25) is 0 Å². The highest BCUT2D eigenvalue weighted by molar-refractivity contribution is 9.10. The van der Waals surface area contributed by atoms with Crippen LogP contribution in [0.25, 0.3) is 0 Å². The van der Waals surface area contributed by atoms with Gasteiger partial charge in [0, 0.05) is 4.47 Å². The Labute approximate surface area is 132 Å². The van der Waals surface area contributed by atoms with Crippen molar-refractivity contribution in [2.75, 3.05) is 0 Å². The number of benzene rings is 2. The molecule has 1 unspecified atom stereocenters. The molecule has 2 aromatic rings. The van der Waals surface area contributed by atoms with Gasteiger partial charge in [-0.1, -0.05) is 61.7 Å². The van der Waals surface area contributed by atoms with Gasteiger partial charge in [0.15, 0.2) is 0 Å². The van der Waals surface area contributed by atoms with Crippen molar-refractivity contribution in [2.24, 2.45) is 0 Å². The maximum absolute atomic E-state index is 3.86. The Hall–Kier alpha value is -0.600. The zero-order valence-corrected chi connectivity index (χ0v) is 14.9. The molecule has 0 aliphatic rings. The number of aryl methyl sites for hydroxylation is 4. The van der Waals surface area contributed by atoms with Gasteiger partial charge in [-0.3, -0.25) is 0 Å². The number of halogens is 2. The van der Waals surface area contributed by atoms with Crippen LogP contribution in [0, 0.1) is 27.7 Å². The van der Waals surface area contributed by atoms with Gasteiger partial charge in [-0.05, 0) is 61.6 Å². The molecule has 2 heteroatoms. The molecule has 0 aliphatic heterocycles. The predicted molar refractivity (Wildman–Crippen MR) is 90.3 cm³/mol. The Morgan fingerprint density at radius 1 is 0.789 bits per heavy atom. The van der Waals surface area contributed by atoms with Crippen LogP contribution in [0.1, 0.15) is 38.2 Å². The second kappa shape index (κ2) is 5.80. The van der Waals surface area contributed by atoms with Crippen LogP contribution >= 0.6 is 31.9 Å². The van der Waals surface area contributed by atoms with Crippen LogP contribution in [0.15, 0.2) is 34.8 Å². The van der Waals surface area contributed by atoms with Crippen molar-refractivity contribution in [2.45, 2.75) is 32.5 Å². The molecule has 0 spiro atoms. The van der Waals surface area contributed by atoms with Crippen LogP contribution < -0.4 is 0 Å². The lowest BCUT2D eigenvalue weighted by Gasteiger charge is -2.18. The van der Waals surface area contributed by atoms with E-state index in [9.17, 15) is 0 Å². The first-order valence-electron chi connectivity index (χ1n) is 6.38. The van der Waals surface area contributed by atoms with E-state index in [1.807, 2.05) is 0 Å². The summed E-state index contributed by atoms with van der Waals surface area (Å²) in [4.78, 5) is 0.250. The molecule has 0 heterocycles. The maximum Gasteiger partial charge on any atom is 0.0649 e. The predicted octanol–water partition coefficient (Wildman–Crippen LogP) is 6.17. The Bertz CT molecular complexity index is 615. The smallest absolute Gasteiger partial charge is 0.0649 e. The second-order valence-corrected chi connectivity index (χ2v) is 6.95. The average molecular weight is 382 g/mol. The summed E-state index contributed by atoms with van der Waals surface area (Å²) in [7, 11) is 0. The highest BCUT2D eigenvalue weighted by Crippen LogP contribution is 2.36. The van der Waals surface area contributed by atoms with Gasteiger partial charge < -0.3 is 0 Å². The monoisotopic (exact) mass is 380 g/mol. The third-order valence-corrected chi connectivity index (χ3v) is 5.36. The Morgan fingerprint density at radius 3 is 2.05 bits per heavy atom. The van der Waals surface area contributed by atoms with Crippen LogP contribution in [0.5, 0.6) is 0 Å². The fourth-order valence-corrected chi connectivity index (χ4v) is 3.82. The topological polar surface area (TPSA) is 0 Å². The van der Waals surface area contributed by atoms with Crippen LogP contribution in [-0.4, -0.2) is 0 Å². The van der Waals surface area contributed by atoms with E-state index in [-0.39, 0.29) is 4.83 Å². The molecule has 0 N–H and O–H groups in total. The van der Waals surface area contributed by atoms with Gasteiger partial charge in [0.05, 0.1) is 4.83 Å². The summed E-state index contributed by atoms with van der Waals surface area (Å²) in [5.41, 5.74) is 7.91. The van der Waals surface area contributed by atoms with Crippen molar-refractivity contribution in [1.82, 2.24) is 0 Å². The van der Waals surface area contributed by atoms with Gasteiger partial charge in [-0.25, -0.2) is 0 Å². The van der Waals surface area contributed by atoms with E-state index >= 15 is 0 Å². The minimum absolute atomic E-state index is 0.250. The Kier molecular flexibility index (Phi) is 4.52. The van der Waals surface area contributed by atoms with Crippen molar-refractivity contribution in [1.29, 1.82) is 0 Å². The number of hydrogen-bond acceptors (Lipinski definition) is 0. The van der Waals surface area contributed by atoms with E-state index in [0.29, 0.717) is 0 Å². The van der Waals surface area contributed by atoms with Gasteiger partial charge in [0.1, 0.15) is 0 Å². The minimum atomic E-state index is 0.250. The first kappa shape index (κ1) is 14.8. The third kappa shape index (κ3) is 3.11. The van der Waals surface area contributed by atoms with Crippen molar-refractivity contribution >= 4 is 31.9 Å². The molecule has 100 valence electrons. The van der Waals surface area contributed by atoms with Crippen LogP contribution in [0.4, 0.5) is 0 Å². The molecule has 0 fully saturated rings. The standard InChI is InChI=1S/C17H18Br2/c1-10-5-6-14(11(2)7-10)17(19)15-8-13(4)16(18)9-12(15)3/h5-9,17H,1-4H3. The maximum atomic E-state index is 3.86. The highest BCUT2D eigenvalue weighted by atomic mass is 79.9. The van der Waals surface area contributed by atoms with Crippen molar-refractivity contribution in [3.63, 3.8) is 0 Å². The van der Waals surface area contributed by atoms with E-state index in [2.05, 4.69) is 89.9 Å². The van der Waals surface area contributed by atoms with Crippen molar-refractivity contribution in [3.8, 4) is 0 Å². The van der Waals surface area contributed by atoms with E-state index in [1.165, 1.54) is 37.9 Å². The lowest BCUT2D eigenvalue weighted by Crippen LogP contribution is -2.00. The molecule has 19 heavy (non-hydrogen) atoms. The molecule has 0 aromatic heterocycles. The van der Waals surface area contributed by atoms with E-state index in [1.54, 1.807) is 0 Å². The van der Waals surface area contributed by atoms with Crippen molar-refractivity contribution < 1.29 is 0 Å². The molecule has 2 rings (SSSR count). The van der Waals surface area contributed by atoms with Crippen LogP contribution in [-0.2, 0) is 0 Å². The zero-order chi connectivity index (χ0) is 14.2. The lowest BCUT2D eigenvalue weighted by molar-refractivity contribution is 1.10. The Balaban J connectivity index is 2.49.